The molecule has 0 atom stereocenters. The molecule has 1 aromatic heterocycles. The number of nitrogens with zero attached hydrogens (tertiary/aromatic N) is 3. The zero-order valence-corrected chi connectivity index (χ0v) is 16.2. The Morgan fingerprint density at radius 3 is 2.59 bits per heavy atom. The van der Waals surface area contributed by atoms with Gasteiger partial charge >= 0.3 is 0 Å². The highest BCUT2D eigenvalue weighted by molar-refractivity contribution is 5.79. The van der Waals surface area contributed by atoms with Crippen LogP contribution in [0.1, 0.15) is 44.1 Å². The zero-order chi connectivity index (χ0) is 18.7. The van der Waals surface area contributed by atoms with E-state index in [0.29, 0.717) is 6.10 Å². The predicted molar refractivity (Wildman–Crippen MR) is 109 cm³/mol. The van der Waals surface area contributed by atoms with Gasteiger partial charge in [-0.05, 0) is 36.6 Å². The van der Waals surface area contributed by atoms with Gasteiger partial charge in [-0.25, -0.2) is 4.68 Å². The molecule has 0 bridgehead atoms. The third kappa shape index (κ3) is 6.40. The first kappa shape index (κ1) is 19.4. The minimum atomic E-state index is 0.442. The molecule has 27 heavy (non-hydrogen) atoms. The van der Waals surface area contributed by atoms with E-state index in [9.17, 15) is 0 Å². The second-order valence-corrected chi connectivity index (χ2v) is 6.95. The Kier molecular flexibility index (Phi) is 7.71. The van der Waals surface area contributed by atoms with Crippen LogP contribution in [0.15, 0.2) is 47.7 Å². The summed E-state index contributed by atoms with van der Waals surface area (Å²) >= 11 is 0. The lowest BCUT2D eigenvalue weighted by molar-refractivity contribution is 0.0468. The van der Waals surface area contributed by atoms with E-state index in [-0.39, 0.29) is 0 Å². The van der Waals surface area contributed by atoms with Crippen molar-refractivity contribution in [2.24, 2.45) is 4.99 Å². The maximum Gasteiger partial charge on any atom is 0.191 e. The van der Waals surface area contributed by atoms with Gasteiger partial charge in [0.05, 0.1) is 18.4 Å². The number of nitrogens with one attached hydrogen (secondary N) is 2. The summed E-state index contributed by atoms with van der Waals surface area (Å²) in [6, 6.07) is 10.3. The molecule has 2 N–H and O–H groups in total. The SMILES string of the molecule is CN=C(NCCOC1CCCCCC1)NCc1ccc(-n2cccn2)cc1. The van der Waals surface area contributed by atoms with E-state index in [0.717, 1.165) is 31.3 Å². The third-order valence-corrected chi connectivity index (χ3v) is 4.94. The van der Waals surface area contributed by atoms with E-state index < -0.39 is 0 Å². The second-order valence-electron chi connectivity index (χ2n) is 6.95. The molecule has 0 aliphatic heterocycles. The van der Waals surface area contributed by atoms with Crippen molar-refractivity contribution in [2.75, 3.05) is 20.2 Å². The quantitative estimate of drug-likeness (QED) is 0.340. The number of aliphatic imine (C=N–C) groups is 1. The number of guanidine groups is 1. The van der Waals surface area contributed by atoms with Crippen molar-refractivity contribution in [1.82, 2.24) is 20.4 Å². The Morgan fingerprint density at radius 2 is 1.93 bits per heavy atom. The van der Waals surface area contributed by atoms with Crippen LogP contribution in [0.4, 0.5) is 0 Å². The summed E-state index contributed by atoms with van der Waals surface area (Å²) in [5, 5.41) is 10.9. The Labute approximate surface area is 162 Å². The second kappa shape index (κ2) is 10.7. The summed E-state index contributed by atoms with van der Waals surface area (Å²) in [4.78, 5) is 4.29. The molecule has 1 heterocycles. The van der Waals surface area contributed by atoms with Crippen molar-refractivity contribution in [1.29, 1.82) is 0 Å². The van der Waals surface area contributed by atoms with Crippen LogP contribution >= 0.6 is 0 Å². The first-order valence-corrected chi connectivity index (χ1v) is 10.0. The molecular weight excluding hydrogens is 338 g/mol. The van der Waals surface area contributed by atoms with Gasteiger partial charge in [-0.3, -0.25) is 4.99 Å². The Bertz CT molecular complexity index is 673. The predicted octanol–water partition coefficient (Wildman–Crippen LogP) is 3.28. The first-order valence-electron chi connectivity index (χ1n) is 10.0. The summed E-state index contributed by atoms with van der Waals surface area (Å²) in [6.07, 6.45) is 11.9. The fourth-order valence-corrected chi connectivity index (χ4v) is 3.40. The van der Waals surface area contributed by atoms with Gasteiger partial charge in [-0.1, -0.05) is 37.8 Å². The smallest absolute Gasteiger partial charge is 0.191 e. The summed E-state index contributed by atoms with van der Waals surface area (Å²) in [6.45, 7) is 2.22. The van der Waals surface area contributed by atoms with Gasteiger partial charge in [-0.2, -0.15) is 5.10 Å². The standard InChI is InChI=1S/C21H31N5O/c1-22-21(23-14-16-27-20-7-4-2-3-5-8-20)24-17-18-9-11-19(12-10-18)26-15-6-13-25-26/h6,9-13,15,20H,2-5,7-8,14,16-17H2,1H3,(H2,22,23,24). The molecule has 1 aliphatic carbocycles. The van der Waals surface area contributed by atoms with Crippen molar-refractivity contribution < 1.29 is 4.74 Å². The van der Waals surface area contributed by atoms with Gasteiger partial charge in [0.15, 0.2) is 5.96 Å². The lowest BCUT2D eigenvalue weighted by atomic mass is 10.1. The molecule has 2 aromatic rings. The minimum Gasteiger partial charge on any atom is -0.376 e. The average molecular weight is 370 g/mol. The lowest BCUT2D eigenvalue weighted by Crippen LogP contribution is -2.38. The lowest BCUT2D eigenvalue weighted by Gasteiger charge is -2.17. The van der Waals surface area contributed by atoms with Crippen LogP contribution in [0.3, 0.4) is 0 Å². The molecule has 1 aromatic carbocycles. The Morgan fingerprint density at radius 1 is 1.15 bits per heavy atom. The highest BCUT2D eigenvalue weighted by atomic mass is 16.5. The van der Waals surface area contributed by atoms with Crippen molar-refractivity contribution in [3.63, 3.8) is 0 Å². The summed E-state index contributed by atoms with van der Waals surface area (Å²) in [7, 11) is 1.79. The van der Waals surface area contributed by atoms with Crippen molar-refractivity contribution in [2.45, 2.75) is 51.2 Å². The molecule has 6 heteroatoms. The van der Waals surface area contributed by atoms with Gasteiger partial charge in [0.25, 0.3) is 0 Å². The number of hydrogen-bond donors (Lipinski definition) is 2. The molecule has 1 saturated carbocycles. The molecule has 0 amide bonds. The van der Waals surface area contributed by atoms with Crippen LogP contribution in [0.2, 0.25) is 0 Å². The van der Waals surface area contributed by atoms with Crippen molar-refractivity contribution in [3.05, 3.63) is 48.3 Å². The van der Waals surface area contributed by atoms with Gasteiger partial charge < -0.3 is 15.4 Å². The summed E-state index contributed by atoms with van der Waals surface area (Å²) in [5.74, 6) is 0.801. The number of benzene rings is 1. The Hall–Kier alpha value is -2.34. The molecule has 1 fully saturated rings. The molecule has 1 aliphatic rings. The van der Waals surface area contributed by atoms with Crippen LogP contribution in [0.25, 0.3) is 5.69 Å². The van der Waals surface area contributed by atoms with Crippen LogP contribution in [0, 0.1) is 0 Å². The topological polar surface area (TPSA) is 63.5 Å². The normalized spacial score (nSPS) is 16.1. The Balaban J connectivity index is 1.36. The fraction of sp³-hybridized carbons (Fsp3) is 0.524. The number of hydrogen-bond acceptors (Lipinski definition) is 3. The number of ether oxygens (including phenoxy) is 1. The molecular formula is C21H31N5O. The van der Waals surface area contributed by atoms with Crippen LogP contribution in [0.5, 0.6) is 0 Å². The van der Waals surface area contributed by atoms with Crippen LogP contribution < -0.4 is 10.6 Å². The third-order valence-electron chi connectivity index (χ3n) is 4.94. The van der Waals surface area contributed by atoms with Crippen LogP contribution in [-0.2, 0) is 11.3 Å². The fourth-order valence-electron chi connectivity index (χ4n) is 3.40. The molecule has 0 unspecified atom stereocenters. The largest absolute Gasteiger partial charge is 0.376 e. The number of aromatic nitrogens is 2. The van der Waals surface area contributed by atoms with E-state index in [1.54, 1.807) is 13.2 Å². The van der Waals surface area contributed by atoms with E-state index >= 15 is 0 Å². The van der Waals surface area contributed by atoms with Crippen molar-refractivity contribution in [3.8, 4) is 5.69 Å². The molecule has 146 valence electrons. The number of rotatable bonds is 7. The van der Waals surface area contributed by atoms with Gasteiger partial charge in [0.1, 0.15) is 0 Å². The molecule has 0 radical (unpaired) electrons. The molecule has 6 nitrogen and oxygen atoms in total. The summed E-state index contributed by atoms with van der Waals surface area (Å²) in [5.41, 5.74) is 2.26. The molecule has 3 rings (SSSR count). The molecule has 0 saturated heterocycles. The highest BCUT2D eigenvalue weighted by Crippen LogP contribution is 2.19. The van der Waals surface area contributed by atoms with Gasteiger partial charge in [0.2, 0.25) is 0 Å². The summed E-state index contributed by atoms with van der Waals surface area (Å²) < 4.78 is 7.87. The van der Waals surface area contributed by atoms with Crippen LogP contribution in [-0.4, -0.2) is 42.0 Å². The van der Waals surface area contributed by atoms with E-state index in [1.807, 2.05) is 16.9 Å². The monoisotopic (exact) mass is 369 g/mol. The van der Waals surface area contributed by atoms with Gasteiger partial charge in [0, 0.05) is 32.5 Å². The zero-order valence-electron chi connectivity index (χ0n) is 16.2. The average Bonchev–Trinajstić information content (AvgIpc) is 3.12. The van der Waals surface area contributed by atoms with Gasteiger partial charge in [-0.15, -0.1) is 0 Å². The van der Waals surface area contributed by atoms with E-state index in [2.05, 4.69) is 45.0 Å². The maximum atomic E-state index is 6.02. The van der Waals surface area contributed by atoms with Crippen molar-refractivity contribution >= 4 is 5.96 Å². The van der Waals surface area contributed by atoms with E-state index in [4.69, 9.17) is 4.74 Å². The first-order chi connectivity index (χ1) is 13.3. The highest BCUT2D eigenvalue weighted by Gasteiger charge is 2.12. The maximum absolute atomic E-state index is 6.02. The minimum absolute atomic E-state index is 0.442. The van der Waals surface area contributed by atoms with E-state index in [1.165, 1.54) is 44.1 Å². The molecule has 0 spiro atoms.